The van der Waals surface area contributed by atoms with Gasteiger partial charge in [-0.15, -0.1) is 0 Å². The summed E-state index contributed by atoms with van der Waals surface area (Å²) in [6, 6.07) is 5.29. The molecule has 0 N–H and O–H groups in total. The Morgan fingerprint density at radius 3 is 2.60 bits per heavy atom. The normalized spacial score (nSPS) is 16.3. The van der Waals surface area contributed by atoms with E-state index >= 15 is 0 Å². The number of carbonyl (C=O) groups excluding carboxylic acids is 2. The van der Waals surface area contributed by atoms with Crippen LogP contribution in [0.25, 0.3) is 0 Å². The summed E-state index contributed by atoms with van der Waals surface area (Å²) in [5, 5.41) is 0.650. The number of anilines is 1. The molecule has 1 aliphatic rings. The van der Waals surface area contributed by atoms with Crippen molar-refractivity contribution in [2.45, 2.75) is 6.42 Å². The Kier molecular flexibility index (Phi) is 2.97. The third kappa shape index (κ3) is 2.15. The average Bonchev–Trinajstić information content (AvgIpc) is 2.50. The molecule has 0 spiro atoms. The number of halogens is 2. The first-order valence-electron chi connectivity index (χ1n) is 4.35. The first-order valence-corrected chi connectivity index (χ1v) is 5.81. The summed E-state index contributed by atoms with van der Waals surface area (Å²) in [6.45, 7) is 0.177. The van der Waals surface area contributed by atoms with Crippen molar-refractivity contribution in [3.8, 4) is 0 Å². The third-order valence-electron chi connectivity index (χ3n) is 2.20. The van der Waals surface area contributed by atoms with Crippen molar-refractivity contribution >= 4 is 51.6 Å². The van der Waals surface area contributed by atoms with E-state index in [0.717, 1.165) is 9.26 Å². The smallest absolute Gasteiger partial charge is 0.234 e. The van der Waals surface area contributed by atoms with Crippen molar-refractivity contribution in [1.82, 2.24) is 0 Å². The standard InChI is InChI=1S/C10H7ClINO2/c11-8-2-1-6(3-9(8)12)13-5-7(14)4-10(13)15/h1-3H,4-5H2. The molecule has 2 rings (SSSR count). The average molecular weight is 336 g/mol. The minimum Gasteiger partial charge on any atom is -0.305 e. The van der Waals surface area contributed by atoms with Crippen LogP contribution in [0.2, 0.25) is 5.02 Å². The van der Waals surface area contributed by atoms with E-state index in [2.05, 4.69) is 22.6 Å². The molecule has 1 aromatic carbocycles. The summed E-state index contributed by atoms with van der Waals surface area (Å²) >= 11 is 7.97. The van der Waals surface area contributed by atoms with Crippen molar-refractivity contribution in [2.24, 2.45) is 0 Å². The number of rotatable bonds is 1. The molecular weight excluding hydrogens is 328 g/mol. The SMILES string of the molecule is O=C1CC(=O)N(c2ccc(Cl)c(I)c2)C1. The number of benzene rings is 1. The molecule has 0 unspecified atom stereocenters. The largest absolute Gasteiger partial charge is 0.305 e. The Labute approximate surface area is 106 Å². The molecule has 1 fully saturated rings. The van der Waals surface area contributed by atoms with Gasteiger partial charge in [0.1, 0.15) is 0 Å². The number of ketones is 1. The lowest BCUT2D eigenvalue weighted by Gasteiger charge is -2.15. The fourth-order valence-electron chi connectivity index (χ4n) is 1.47. The van der Waals surface area contributed by atoms with Crippen molar-refractivity contribution in [1.29, 1.82) is 0 Å². The van der Waals surface area contributed by atoms with Crippen molar-refractivity contribution < 1.29 is 9.59 Å². The second-order valence-electron chi connectivity index (χ2n) is 3.29. The summed E-state index contributed by atoms with van der Waals surface area (Å²) in [4.78, 5) is 24.0. The van der Waals surface area contributed by atoms with Gasteiger partial charge >= 0.3 is 0 Å². The summed E-state index contributed by atoms with van der Waals surface area (Å²) in [6.07, 6.45) is 0.0131. The van der Waals surface area contributed by atoms with Crippen molar-refractivity contribution in [3.63, 3.8) is 0 Å². The Hall–Kier alpha value is -0.620. The van der Waals surface area contributed by atoms with Crippen LogP contribution < -0.4 is 4.90 Å². The molecule has 1 saturated heterocycles. The minimum absolute atomic E-state index is 0.0131. The van der Waals surface area contributed by atoms with E-state index in [1.165, 1.54) is 4.90 Å². The van der Waals surface area contributed by atoms with Gasteiger partial charge in [-0.25, -0.2) is 0 Å². The maximum absolute atomic E-state index is 11.5. The quantitative estimate of drug-likeness (QED) is 0.583. The molecule has 0 radical (unpaired) electrons. The predicted molar refractivity (Wildman–Crippen MR) is 66.1 cm³/mol. The molecule has 1 amide bonds. The van der Waals surface area contributed by atoms with E-state index < -0.39 is 0 Å². The van der Waals surface area contributed by atoms with Crippen LogP contribution in [-0.4, -0.2) is 18.2 Å². The van der Waals surface area contributed by atoms with Gasteiger partial charge in [-0.3, -0.25) is 9.59 Å². The van der Waals surface area contributed by atoms with Gasteiger partial charge in [0.25, 0.3) is 0 Å². The lowest BCUT2D eigenvalue weighted by atomic mass is 10.3. The van der Waals surface area contributed by atoms with Crippen LogP contribution in [0.5, 0.6) is 0 Å². The molecule has 5 heteroatoms. The Balaban J connectivity index is 2.34. The molecule has 0 atom stereocenters. The Morgan fingerprint density at radius 2 is 2.07 bits per heavy atom. The lowest BCUT2D eigenvalue weighted by molar-refractivity contribution is -0.121. The van der Waals surface area contributed by atoms with Gasteiger partial charge in [0.2, 0.25) is 5.91 Å². The van der Waals surface area contributed by atoms with Crippen LogP contribution in [0.3, 0.4) is 0 Å². The van der Waals surface area contributed by atoms with E-state index in [1.807, 2.05) is 0 Å². The van der Waals surface area contributed by atoms with Gasteiger partial charge in [-0.1, -0.05) is 11.6 Å². The first-order chi connectivity index (χ1) is 7.08. The summed E-state index contributed by atoms with van der Waals surface area (Å²) in [7, 11) is 0. The van der Waals surface area contributed by atoms with Crippen LogP contribution in [0.15, 0.2) is 18.2 Å². The number of hydrogen-bond acceptors (Lipinski definition) is 2. The molecule has 0 bridgehead atoms. The number of amides is 1. The van der Waals surface area contributed by atoms with Crippen LogP contribution in [0.1, 0.15) is 6.42 Å². The fraction of sp³-hybridized carbons (Fsp3) is 0.200. The van der Waals surface area contributed by atoms with E-state index in [1.54, 1.807) is 18.2 Å². The van der Waals surface area contributed by atoms with E-state index in [4.69, 9.17) is 11.6 Å². The van der Waals surface area contributed by atoms with Crippen LogP contribution in [0, 0.1) is 3.57 Å². The van der Waals surface area contributed by atoms with Crippen LogP contribution >= 0.6 is 34.2 Å². The molecule has 0 aliphatic carbocycles. The maximum atomic E-state index is 11.5. The number of hydrogen-bond donors (Lipinski definition) is 0. The molecule has 1 heterocycles. The van der Waals surface area contributed by atoms with Gasteiger partial charge in [-0.05, 0) is 40.8 Å². The summed E-state index contributed by atoms with van der Waals surface area (Å²) < 4.78 is 0.874. The van der Waals surface area contributed by atoms with Crippen molar-refractivity contribution in [3.05, 3.63) is 26.8 Å². The number of nitrogens with zero attached hydrogens (tertiary/aromatic N) is 1. The highest BCUT2D eigenvalue weighted by molar-refractivity contribution is 14.1. The van der Waals surface area contributed by atoms with E-state index in [9.17, 15) is 9.59 Å². The lowest BCUT2D eigenvalue weighted by Crippen LogP contribution is -2.24. The predicted octanol–water partition coefficient (Wildman–Crippen LogP) is 2.25. The van der Waals surface area contributed by atoms with E-state index in [0.29, 0.717) is 5.02 Å². The highest BCUT2D eigenvalue weighted by Crippen LogP contribution is 2.26. The zero-order chi connectivity index (χ0) is 11.0. The molecular formula is C10H7ClINO2. The van der Waals surface area contributed by atoms with Crippen LogP contribution in [-0.2, 0) is 9.59 Å². The van der Waals surface area contributed by atoms with Gasteiger partial charge < -0.3 is 4.90 Å². The van der Waals surface area contributed by atoms with Crippen LogP contribution in [0.4, 0.5) is 5.69 Å². The minimum atomic E-state index is -0.141. The molecule has 0 saturated carbocycles. The molecule has 0 aromatic heterocycles. The summed E-state index contributed by atoms with van der Waals surface area (Å²) in [5.41, 5.74) is 0.736. The van der Waals surface area contributed by atoms with E-state index in [-0.39, 0.29) is 24.7 Å². The monoisotopic (exact) mass is 335 g/mol. The maximum Gasteiger partial charge on any atom is 0.234 e. The zero-order valence-corrected chi connectivity index (χ0v) is 10.6. The highest BCUT2D eigenvalue weighted by atomic mass is 127. The molecule has 15 heavy (non-hydrogen) atoms. The van der Waals surface area contributed by atoms with Crippen molar-refractivity contribution in [2.75, 3.05) is 11.4 Å². The van der Waals surface area contributed by atoms with Gasteiger partial charge in [0, 0.05) is 9.26 Å². The summed E-state index contributed by atoms with van der Waals surface area (Å²) in [5.74, 6) is -0.178. The van der Waals surface area contributed by atoms with Gasteiger partial charge in [-0.2, -0.15) is 0 Å². The van der Waals surface area contributed by atoms with Gasteiger partial charge in [0.15, 0.2) is 5.78 Å². The second-order valence-corrected chi connectivity index (χ2v) is 4.86. The zero-order valence-electron chi connectivity index (χ0n) is 7.67. The molecule has 78 valence electrons. The first kappa shape index (κ1) is 10.9. The fourth-order valence-corrected chi connectivity index (χ4v) is 2.09. The Morgan fingerprint density at radius 1 is 1.33 bits per heavy atom. The molecule has 3 nitrogen and oxygen atoms in total. The molecule has 1 aromatic rings. The Bertz CT molecular complexity index is 447. The number of Topliss-reactive ketones (excluding diaryl/α,β-unsaturated/α-hetero) is 1. The highest BCUT2D eigenvalue weighted by Gasteiger charge is 2.28. The second kappa shape index (κ2) is 4.09. The third-order valence-corrected chi connectivity index (χ3v) is 3.74. The number of carbonyl (C=O) groups is 2. The van der Waals surface area contributed by atoms with Gasteiger partial charge in [0.05, 0.1) is 18.0 Å². The topological polar surface area (TPSA) is 37.4 Å². The molecule has 1 aliphatic heterocycles.